The Labute approximate surface area is 126 Å². The Morgan fingerprint density at radius 3 is 2.71 bits per heavy atom. The van der Waals surface area contributed by atoms with Gasteiger partial charge in [-0.05, 0) is 24.6 Å². The molecule has 114 valence electrons. The zero-order chi connectivity index (χ0) is 15.8. The Kier molecular flexibility index (Phi) is 6.48. The molecule has 0 bridgehead atoms. The van der Waals surface area contributed by atoms with Gasteiger partial charge in [0.15, 0.2) is 6.61 Å². The molecule has 4 N–H and O–H groups in total. The van der Waals surface area contributed by atoms with Gasteiger partial charge in [0.2, 0.25) is 0 Å². The van der Waals surface area contributed by atoms with Crippen LogP contribution >= 0.6 is 11.6 Å². The van der Waals surface area contributed by atoms with Crippen LogP contribution in [0.5, 0.6) is 0 Å². The zero-order valence-corrected chi connectivity index (χ0v) is 12.2. The molecule has 1 aromatic rings. The Bertz CT molecular complexity index is 548. The molecule has 0 spiro atoms. The maximum atomic E-state index is 11.7. The Morgan fingerprint density at radius 2 is 2.05 bits per heavy atom. The number of nitrogens with one attached hydrogen (secondary N) is 2. The molecule has 0 heterocycles. The van der Waals surface area contributed by atoms with Gasteiger partial charge in [-0.15, -0.1) is 0 Å². The second-order valence-corrected chi connectivity index (χ2v) is 4.55. The van der Waals surface area contributed by atoms with E-state index in [1.807, 2.05) is 12.2 Å². The van der Waals surface area contributed by atoms with E-state index in [4.69, 9.17) is 22.1 Å². The summed E-state index contributed by atoms with van der Waals surface area (Å²) in [6.45, 7) is 1.72. The summed E-state index contributed by atoms with van der Waals surface area (Å²) in [5, 5.41) is 4.79. The lowest BCUT2D eigenvalue weighted by Gasteiger charge is -2.08. The average Bonchev–Trinajstić information content (AvgIpc) is 2.45. The standard InChI is InChI=1S/C13H16ClN3O4/c1-2-5-16-13(20)17-11(18)7-21-12(19)9-6-8(14)3-4-10(9)15/h3-4,6H,2,5,7,15H2,1H3,(H2,16,17,18,20). The Hall–Kier alpha value is -2.28. The molecule has 0 aromatic heterocycles. The molecule has 0 unspecified atom stereocenters. The number of halogens is 1. The summed E-state index contributed by atoms with van der Waals surface area (Å²) in [5.41, 5.74) is 5.85. The molecule has 1 rings (SSSR count). The van der Waals surface area contributed by atoms with Crippen LogP contribution in [0.15, 0.2) is 18.2 Å². The van der Waals surface area contributed by atoms with E-state index in [0.29, 0.717) is 11.6 Å². The van der Waals surface area contributed by atoms with E-state index in [1.54, 1.807) is 0 Å². The van der Waals surface area contributed by atoms with Crippen LogP contribution in [-0.2, 0) is 9.53 Å². The monoisotopic (exact) mass is 313 g/mol. The number of anilines is 1. The molecule has 0 saturated carbocycles. The third-order valence-corrected chi connectivity index (χ3v) is 2.59. The van der Waals surface area contributed by atoms with Crippen LogP contribution in [0.4, 0.5) is 10.5 Å². The first-order valence-electron chi connectivity index (χ1n) is 6.24. The highest BCUT2D eigenvalue weighted by Crippen LogP contribution is 2.18. The van der Waals surface area contributed by atoms with Crippen molar-refractivity contribution in [2.75, 3.05) is 18.9 Å². The number of carbonyl (C=O) groups is 3. The van der Waals surface area contributed by atoms with E-state index in [0.717, 1.165) is 6.42 Å². The molecule has 1 aromatic carbocycles. The number of benzene rings is 1. The lowest BCUT2D eigenvalue weighted by atomic mass is 10.2. The third kappa shape index (κ3) is 5.70. The van der Waals surface area contributed by atoms with Gasteiger partial charge in [0.25, 0.3) is 5.91 Å². The topological polar surface area (TPSA) is 111 Å². The van der Waals surface area contributed by atoms with Crippen LogP contribution in [0.3, 0.4) is 0 Å². The molecule has 8 heteroatoms. The maximum absolute atomic E-state index is 11.7. The van der Waals surface area contributed by atoms with E-state index in [-0.39, 0.29) is 11.3 Å². The summed E-state index contributed by atoms with van der Waals surface area (Å²) >= 11 is 5.75. The highest BCUT2D eigenvalue weighted by molar-refractivity contribution is 6.31. The second kappa shape index (κ2) is 8.11. The van der Waals surface area contributed by atoms with Gasteiger partial charge in [0, 0.05) is 17.3 Å². The van der Waals surface area contributed by atoms with Gasteiger partial charge >= 0.3 is 12.0 Å². The highest BCUT2D eigenvalue weighted by atomic mass is 35.5. The summed E-state index contributed by atoms with van der Waals surface area (Å²) in [7, 11) is 0. The highest BCUT2D eigenvalue weighted by Gasteiger charge is 2.15. The molecule has 0 radical (unpaired) electrons. The molecular formula is C13H16ClN3O4. The number of rotatable bonds is 5. The van der Waals surface area contributed by atoms with E-state index in [9.17, 15) is 14.4 Å². The Balaban J connectivity index is 2.47. The molecule has 0 atom stereocenters. The van der Waals surface area contributed by atoms with Gasteiger partial charge in [-0.2, -0.15) is 0 Å². The van der Waals surface area contributed by atoms with Crippen molar-refractivity contribution in [2.45, 2.75) is 13.3 Å². The van der Waals surface area contributed by atoms with E-state index < -0.39 is 24.5 Å². The van der Waals surface area contributed by atoms with Crippen molar-refractivity contribution < 1.29 is 19.1 Å². The first kappa shape index (κ1) is 16.8. The first-order valence-corrected chi connectivity index (χ1v) is 6.61. The maximum Gasteiger partial charge on any atom is 0.340 e. The minimum Gasteiger partial charge on any atom is -0.452 e. The number of nitrogen functional groups attached to an aromatic ring is 1. The van der Waals surface area contributed by atoms with E-state index in [1.165, 1.54) is 18.2 Å². The lowest BCUT2D eigenvalue weighted by Crippen LogP contribution is -2.41. The van der Waals surface area contributed by atoms with E-state index in [2.05, 4.69) is 5.32 Å². The van der Waals surface area contributed by atoms with Crippen LogP contribution in [0.1, 0.15) is 23.7 Å². The predicted molar refractivity (Wildman–Crippen MR) is 78.0 cm³/mol. The number of amides is 3. The van der Waals surface area contributed by atoms with Crippen LogP contribution in [0.25, 0.3) is 0 Å². The fourth-order valence-corrected chi connectivity index (χ4v) is 1.53. The predicted octanol–water partition coefficient (Wildman–Crippen LogP) is 1.31. The summed E-state index contributed by atoms with van der Waals surface area (Å²) in [5.74, 6) is -1.53. The number of hydrogen-bond acceptors (Lipinski definition) is 5. The molecule has 0 aliphatic carbocycles. The quantitative estimate of drug-likeness (QED) is 0.561. The Morgan fingerprint density at radius 1 is 1.33 bits per heavy atom. The fourth-order valence-electron chi connectivity index (χ4n) is 1.36. The summed E-state index contributed by atoms with van der Waals surface area (Å²) in [4.78, 5) is 34.3. The number of urea groups is 1. The van der Waals surface area contributed by atoms with Crippen LogP contribution < -0.4 is 16.4 Å². The van der Waals surface area contributed by atoms with Gasteiger partial charge in [-0.25, -0.2) is 9.59 Å². The first-order chi connectivity index (χ1) is 9.93. The van der Waals surface area contributed by atoms with Crippen LogP contribution in [-0.4, -0.2) is 31.1 Å². The van der Waals surface area contributed by atoms with Gasteiger partial charge in [-0.1, -0.05) is 18.5 Å². The van der Waals surface area contributed by atoms with Crippen molar-refractivity contribution in [1.82, 2.24) is 10.6 Å². The molecule has 0 fully saturated rings. The van der Waals surface area contributed by atoms with Gasteiger partial charge in [0.05, 0.1) is 5.56 Å². The number of carbonyl (C=O) groups excluding carboxylic acids is 3. The van der Waals surface area contributed by atoms with Crippen LogP contribution in [0.2, 0.25) is 5.02 Å². The minimum atomic E-state index is -0.792. The zero-order valence-electron chi connectivity index (χ0n) is 11.4. The van der Waals surface area contributed by atoms with Crippen molar-refractivity contribution in [3.8, 4) is 0 Å². The van der Waals surface area contributed by atoms with Crippen molar-refractivity contribution in [3.05, 3.63) is 28.8 Å². The fraction of sp³-hybridized carbons (Fsp3) is 0.308. The van der Waals surface area contributed by atoms with Gasteiger partial charge in [0.1, 0.15) is 0 Å². The number of imide groups is 1. The second-order valence-electron chi connectivity index (χ2n) is 4.11. The van der Waals surface area contributed by atoms with Crippen molar-refractivity contribution >= 4 is 35.2 Å². The third-order valence-electron chi connectivity index (χ3n) is 2.36. The summed E-state index contributed by atoms with van der Waals surface area (Å²) in [6.07, 6.45) is 0.741. The lowest BCUT2D eigenvalue weighted by molar-refractivity contribution is -0.123. The molecular weight excluding hydrogens is 298 g/mol. The number of esters is 1. The van der Waals surface area contributed by atoms with Crippen LogP contribution in [0, 0.1) is 0 Å². The van der Waals surface area contributed by atoms with Crippen molar-refractivity contribution in [3.63, 3.8) is 0 Å². The van der Waals surface area contributed by atoms with Crippen molar-refractivity contribution in [1.29, 1.82) is 0 Å². The summed E-state index contributed by atoms with van der Waals surface area (Å²) in [6, 6.07) is 3.68. The number of hydrogen-bond donors (Lipinski definition) is 3. The van der Waals surface area contributed by atoms with E-state index >= 15 is 0 Å². The smallest absolute Gasteiger partial charge is 0.340 e. The summed E-state index contributed by atoms with van der Waals surface area (Å²) < 4.78 is 4.76. The number of nitrogens with two attached hydrogens (primary N) is 1. The average molecular weight is 314 g/mol. The van der Waals surface area contributed by atoms with Gasteiger partial charge < -0.3 is 15.8 Å². The molecule has 7 nitrogen and oxygen atoms in total. The normalized spacial score (nSPS) is 9.81. The number of ether oxygens (including phenoxy) is 1. The largest absolute Gasteiger partial charge is 0.452 e. The minimum absolute atomic E-state index is 0.0609. The SMILES string of the molecule is CCCNC(=O)NC(=O)COC(=O)c1cc(Cl)ccc1N. The molecule has 0 aliphatic rings. The molecule has 21 heavy (non-hydrogen) atoms. The molecule has 0 saturated heterocycles. The molecule has 3 amide bonds. The van der Waals surface area contributed by atoms with Gasteiger partial charge in [-0.3, -0.25) is 10.1 Å². The van der Waals surface area contributed by atoms with Crippen molar-refractivity contribution in [2.24, 2.45) is 0 Å². The molecule has 0 aliphatic heterocycles.